The molecule has 3 aromatic rings. The van der Waals surface area contributed by atoms with Crippen molar-refractivity contribution in [2.45, 2.75) is 33.1 Å². The minimum atomic E-state index is -0.141. The summed E-state index contributed by atoms with van der Waals surface area (Å²) in [6.07, 6.45) is 4.73. The molecule has 2 N–H and O–H groups in total. The van der Waals surface area contributed by atoms with Crippen molar-refractivity contribution in [3.63, 3.8) is 0 Å². The highest BCUT2D eigenvalue weighted by molar-refractivity contribution is 6.09. The Bertz CT molecular complexity index is 991. The smallest absolute Gasteiger partial charge is 0.257 e. The maximum Gasteiger partial charge on any atom is 0.257 e. The van der Waals surface area contributed by atoms with Crippen molar-refractivity contribution >= 4 is 11.6 Å². The van der Waals surface area contributed by atoms with Crippen molar-refractivity contribution < 1.29 is 9.53 Å². The predicted octanol–water partition coefficient (Wildman–Crippen LogP) is 4.52. The van der Waals surface area contributed by atoms with E-state index in [-0.39, 0.29) is 5.91 Å². The second kappa shape index (κ2) is 7.27. The van der Waals surface area contributed by atoms with E-state index < -0.39 is 0 Å². The summed E-state index contributed by atoms with van der Waals surface area (Å²) in [5.74, 6) is 0.600. The van der Waals surface area contributed by atoms with Gasteiger partial charge in [-0.25, -0.2) is 0 Å². The fraction of sp³-hybridized carbons (Fsp3) is 0.273. The zero-order valence-corrected chi connectivity index (χ0v) is 15.6. The van der Waals surface area contributed by atoms with Crippen molar-refractivity contribution in [1.29, 1.82) is 0 Å². The molecule has 0 spiro atoms. The van der Waals surface area contributed by atoms with E-state index in [9.17, 15) is 4.79 Å². The molecular formula is C22H23N3O2. The van der Waals surface area contributed by atoms with Gasteiger partial charge in [0.2, 0.25) is 0 Å². The summed E-state index contributed by atoms with van der Waals surface area (Å²) in [4.78, 5) is 21.1. The maximum absolute atomic E-state index is 13.0. The molecule has 138 valence electrons. The third-order valence-electron chi connectivity index (χ3n) is 4.84. The number of hydrogen-bond donors (Lipinski definition) is 2. The Morgan fingerprint density at radius 1 is 1.26 bits per heavy atom. The van der Waals surface area contributed by atoms with E-state index in [4.69, 9.17) is 9.72 Å². The summed E-state index contributed by atoms with van der Waals surface area (Å²) >= 11 is 0. The number of ether oxygens (including phenoxy) is 1. The first-order chi connectivity index (χ1) is 13.2. The largest absolute Gasteiger partial charge is 0.494 e. The van der Waals surface area contributed by atoms with Gasteiger partial charge < -0.3 is 15.0 Å². The standard InChI is InChI=1S/C22H23N3O2/c1-3-27-17-8-5-7-16(12-17)25-22(26)18-13-23-19-9-4-6-15-11-10-14(2)24-21(15)20(18)19/h5,7-8,10-13,23H,3-4,6,9H2,1-2H3,(H,25,26). The van der Waals surface area contributed by atoms with Crippen molar-refractivity contribution in [1.82, 2.24) is 9.97 Å². The van der Waals surface area contributed by atoms with Gasteiger partial charge in [0.25, 0.3) is 5.91 Å². The molecule has 0 fully saturated rings. The minimum Gasteiger partial charge on any atom is -0.494 e. The number of hydrogen-bond acceptors (Lipinski definition) is 3. The first-order valence-corrected chi connectivity index (χ1v) is 9.37. The average molecular weight is 361 g/mol. The van der Waals surface area contributed by atoms with E-state index in [1.54, 1.807) is 6.20 Å². The summed E-state index contributed by atoms with van der Waals surface area (Å²) < 4.78 is 5.52. The van der Waals surface area contributed by atoms with Crippen molar-refractivity contribution in [2.24, 2.45) is 0 Å². The molecule has 1 amide bonds. The molecule has 2 aromatic heterocycles. The number of aryl methyl sites for hydroxylation is 3. The van der Waals surface area contributed by atoms with E-state index in [0.29, 0.717) is 17.9 Å². The predicted molar refractivity (Wildman–Crippen MR) is 106 cm³/mol. The zero-order valence-electron chi connectivity index (χ0n) is 15.6. The van der Waals surface area contributed by atoms with Crippen LogP contribution in [0.4, 0.5) is 5.69 Å². The van der Waals surface area contributed by atoms with Crippen LogP contribution in [0.15, 0.2) is 42.6 Å². The molecule has 0 saturated carbocycles. The van der Waals surface area contributed by atoms with Crippen LogP contribution in [0.3, 0.4) is 0 Å². The van der Waals surface area contributed by atoms with E-state index in [0.717, 1.165) is 47.7 Å². The maximum atomic E-state index is 13.0. The van der Waals surface area contributed by atoms with Crippen LogP contribution in [0.5, 0.6) is 5.75 Å². The van der Waals surface area contributed by atoms with E-state index in [1.165, 1.54) is 5.56 Å². The third kappa shape index (κ3) is 3.45. The molecule has 0 atom stereocenters. The zero-order chi connectivity index (χ0) is 18.8. The number of rotatable bonds is 4. The highest BCUT2D eigenvalue weighted by Crippen LogP contribution is 2.34. The quantitative estimate of drug-likeness (QED) is 0.718. The number of pyridine rings is 1. The third-order valence-corrected chi connectivity index (χ3v) is 4.84. The van der Waals surface area contributed by atoms with Gasteiger partial charge in [0, 0.05) is 34.9 Å². The lowest BCUT2D eigenvalue weighted by atomic mass is 10.0. The number of amides is 1. The molecule has 2 heterocycles. The fourth-order valence-corrected chi connectivity index (χ4v) is 3.60. The summed E-state index contributed by atoms with van der Waals surface area (Å²) in [5.41, 5.74) is 6.45. The number of H-pyrrole nitrogens is 1. The summed E-state index contributed by atoms with van der Waals surface area (Å²) in [6, 6.07) is 11.6. The number of anilines is 1. The Labute approximate surface area is 158 Å². The Kier molecular flexibility index (Phi) is 4.67. The molecule has 5 heteroatoms. The lowest BCUT2D eigenvalue weighted by Gasteiger charge is -2.11. The highest BCUT2D eigenvalue weighted by atomic mass is 16.5. The number of carbonyl (C=O) groups excluding carboxylic acids is 1. The first kappa shape index (κ1) is 17.3. The van der Waals surface area contributed by atoms with Gasteiger partial charge in [-0.3, -0.25) is 9.78 Å². The van der Waals surface area contributed by atoms with Crippen LogP contribution in [0, 0.1) is 6.92 Å². The Balaban J connectivity index is 1.70. The summed E-state index contributed by atoms with van der Waals surface area (Å²) in [7, 11) is 0. The fourth-order valence-electron chi connectivity index (χ4n) is 3.60. The minimum absolute atomic E-state index is 0.141. The molecule has 1 aromatic carbocycles. The first-order valence-electron chi connectivity index (χ1n) is 9.37. The van der Waals surface area contributed by atoms with Crippen molar-refractivity contribution in [2.75, 3.05) is 11.9 Å². The van der Waals surface area contributed by atoms with Crippen molar-refractivity contribution in [3.8, 4) is 17.0 Å². The average Bonchev–Trinajstić information content (AvgIpc) is 2.99. The second-order valence-corrected chi connectivity index (χ2v) is 6.78. The number of fused-ring (bicyclic) bond motifs is 3. The van der Waals surface area contributed by atoms with Crippen LogP contribution in [0.1, 0.15) is 40.7 Å². The van der Waals surface area contributed by atoms with Gasteiger partial charge in [-0.05, 0) is 56.9 Å². The second-order valence-electron chi connectivity index (χ2n) is 6.78. The molecule has 27 heavy (non-hydrogen) atoms. The van der Waals surface area contributed by atoms with E-state index >= 15 is 0 Å². The number of carbonyl (C=O) groups is 1. The molecule has 0 aliphatic heterocycles. The normalized spacial score (nSPS) is 12.7. The lowest BCUT2D eigenvalue weighted by Crippen LogP contribution is -2.13. The molecular weight excluding hydrogens is 338 g/mol. The van der Waals surface area contributed by atoms with Gasteiger partial charge in [-0.15, -0.1) is 0 Å². The van der Waals surface area contributed by atoms with Crippen LogP contribution < -0.4 is 10.1 Å². The van der Waals surface area contributed by atoms with Crippen LogP contribution in [-0.4, -0.2) is 22.5 Å². The number of aromatic amines is 1. The summed E-state index contributed by atoms with van der Waals surface area (Å²) in [5, 5.41) is 2.99. The Morgan fingerprint density at radius 3 is 3.00 bits per heavy atom. The molecule has 0 bridgehead atoms. The SMILES string of the molecule is CCOc1cccc(NC(=O)c2c[nH]c3c2-c2nc(C)ccc2CCC3)c1. The van der Waals surface area contributed by atoms with Gasteiger partial charge >= 0.3 is 0 Å². The van der Waals surface area contributed by atoms with Gasteiger partial charge in [0.1, 0.15) is 5.75 Å². The summed E-state index contributed by atoms with van der Waals surface area (Å²) in [6.45, 7) is 4.51. The number of nitrogens with zero attached hydrogens (tertiary/aromatic N) is 1. The molecule has 0 unspecified atom stereocenters. The molecule has 4 rings (SSSR count). The van der Waals surface area contributed by atoms with Gasteiger partial charge in [0.15, 0.2) is 0 Å². The number of aromatic nitrogens is 2. The Morgan fingerprint density at radius 2 is 2.15 bits per heavy atom. The van der Waals surface area contributed by atoms with Crippen LogP contribution >= 0.6 is 0 Å². The molecule has 1 aliphatic rings. The topological polar surface area (TPSA) is 67.0 Å². The van der Waals surface area contributed by atoms with Crippen molar-refractivity contribution in [3.05, 3.63) is 65.1 Å². The van der Waals surface area contributed by atoms with E-state index in [2.05, 4.69) is 16.4 Å². The highest BCUT2D eigenvalue weighted by Gasteiger charge is 2.24. The monoisotopic (exact) mass is 361 g/mol. The lowest BCUT2D eigenvalue weighted by molar-refractivity contribution is 0.102. The van der Waals surface area contributed by atoms with Gasteiger partial charge in [-0.1, -0.05) is 12.1 Å². The van der Waals surface area contributed by atoms with Gasteiger partial charge in [0.05, 0.1) is 17.9 Å². The molecule has 5 nitrogen and oxygen atoms in total. The molecule has 1 aliphatic carbocycles. The number of benzene rings is 1. The van der Waals surface area contributed by atoms with Crippen LogP contribution in [0.2, 0.25) is 0 Å². The Hall–Kier alpha value is -3.08. The molecule has 0 saturated heterocycles. The van der Waals surface area contributed by atoms with Crippen LogP contribution in [-0.2, 0) is 12.8 Å². The van der Waals surface area contributed by atoms with Crippen LogP contribution in [0.25, 0.3) is 11.3 Å². The van der Waals surface area contributed by atoms with Gasteiger partial charge in [-0.2, -0.15) is 0 Å². The molecule has 0 radical (unpaired) electrons. The van der Waals surface area contributed by atoms with E-state index in [1.807, 2.05) is 44.2 Å². The number of nitrogens with one attached hydrogen (secondary N) is 2.